The van der Waals surface area contributed by atoms with Gasteiger partial charge in [-0.15, -0.1) is 11.3 Å². The van der Waals surface area contributed by atoms with E-state index in [1.54, 1.807) is 25.1 Å². The Labute approximate surface area is 168 Å². The van der Waals surface area contributed by atoms with Crippen LogP contribution in [0.5, 0.6) is 0 Å². The van der Waals surface area contributed by atoms with E-state index in [0.717, 1.165) is 35.2 Å². The fourth-order valence-electron chi connectivity index (χ4n) is 2.87. The fraction of sp³-hybridized carbons (Fsp3) is 0.333. The summed E-state index contributed by atoms with van der Waals surface area (Å²) in [7, 11) is 0. The minimum atomic E-state index is -0.410. The summed E-state index contributed by atoms with van der Waals surface area (Å²) in [6.07, 6.45) is 4.52. The number of aryl methyl sites for hydroxylation is 2. The molecule has 0 bridgehead atoms. The molecule has 6 nitrogen and oxygen atoms in total. The minimum absolute atomic E-state index is 0.254. The van der Waals surface area contributed by atoms with Gasteiger partial charge in [-0.3, -0.25) is 4.79 Å². The molecule has 0 aliphatic heterocycles. The SMILES string of the molecule is CCCCc1ncnc2c(C(=O)Nc3cc(C(=O)OCC)ccc3C)csc12. The van der Waals surface area contributed by atoms with Crippen molar-refractivity contribution in [2.45, 2.75) is 40.0 Å². The van der Waals surface area contributed by atoms with Crippen molar-refractivity contribution >= 4 is 39.1 Å². The van der Waals surface area contributed by atoms with Gasteiger partial charge >= 0.3 is 5.97 Å². The number of carbonyl (C=O) groups is 2. The smallest absolute Gasteiger partial charge is 0.338 e. The number of benzene rings is 1. The van der Waals surface area contributed by atoms with E-state index < -0.39 is 5.97 Å². The second-order valence-electron chi connectivity index (χ2n) is 6.46. The molecule has 0 fully saturated rings. The van der Waals surface area contributed by atoms with E-state index in [0.29, 0.717) is 28.9 Å². The molecule has 0 aliphatic carbocycles. The Kier molecular flexibility index (Phi) is 6.36. The maximum atomic E-state index is 12.9. The van der Waals surface area contributed by atoms with Crippen LogP contribution in [0.2, 0.25) is 0 Å². The molecule has 1 amide bonds. The van der Waals surface area contributed by atoms with Crippen LogP contribution in [-0.4, -0.2) is 28.5 Å². The summed E-state index contributed by atoms with van der Waals surface area (Å²) < 4.78 is 5.99. The van der Waals surface area contributed by atoms with Crippen molar-refractivity contribution in [2.24, 2.45) is 0 Å². The van der Waals surface area contributed by atoms with Crippen molar-refractivity contribution in [2.75, 3.05) is 11.9 Å². The number of hydrogen-bond acceptors (Lipinski definition) is 6. The molecule has 3 aromatic rings. The second kappa shape index (κ2) is 8.93. The predicted octanol–water partition coefficient (Wildman–Crippen LogP) is 4.77. The van der Waals surface area contributed by atoms with Crippen LogP contribution in [0.25, 0.3) is 10.2 Å². The molecule has 0 saturated heterocycles. The number of unbranched alkanes of at least 4 members (excludes halogenated alkanes) is 1. The summed E-state index contributed by atoms with van der Waals surface area (Å²) in [6.45, 7) is 6.07. The van der Waals surface area contributed by atoms with Gasteiger partial charge in [0.1, 0.15) is 6.33 Å². The lowest BCUT2D eigenvalue weighted by atomic mass is 10.1. The first-order valence-electron chi connectivity index (χ1n) is 9.35. The zero-order valence-electron chi connectivity index (χ0n) is 16.2. The van der Waals surface area contributed by atoms with Gasteiger partial charge < -0.3 is 10.1 Å². The van der Waals surface area contributed by atoms with Gasteiger partial charge in [0.2, 0.25) is 0 Å². The third-order valence-corrected chi connectivity index (χ3v) is 5.45. The van der Waals surface area contributed by atoms with Crippen molar-refractivity contribution in [3.8, 4) is 0 Å². The third kappa shape index (κ3) is 4.20. The standard InChI is InChI=1S/C21H23N3O3S/c1-4-6-7-16-19-18(23-12-22-16)15(11-28-19)20(25)24-17-10-14(9-8-13(17)3)21(26)27-5-2/h8-12H,4-7H2,1-3H3,(H,24,25). The van der Waals surface area contributed by atoms with Gasteiger partial charge in [-0.25, -0.2) is 14.8 Å². The lowest BCUT2D eigenvalue weighted by Gasteiger charge is -2.10. The Morgan fingerprint density at radius 3 is 2.79 bits per heavy atom. The first-order chi connectivity index (χ1) is 13.5. The molecule has 146 valence electrons. The van der Waals surface area contributed by atoms with Crippen molar-refractivity contribution in [3.63, 3.8) is 0 Å². The van der Waals surface area contributed by atoms with Gasteiger partial charge in [0.25, 0.3) is 5.91 Å². The largest absolute Gasteiger partial charge is 0.462 e. The van der Waals surface area contributed by atoms with E-state index in [9.17, 15) is 9.59 Å². The van der Waals surface area contributed by atoms with Crippen LogP contribution >= 0.6 is 11.3 Å². The van der Waals surface area contributed by atoms with Crippen LogP contribution in [-0.2, 0) is 11.2 Å². The van der Waals surface area contributed by atoms with Crippen molar-refractivity contribution < 1.29 is 14.3 Å². The topological polar surface area (TPSA) is 81.2 Å². The summed E-state index contributed by atoms with van der Waals surface area (Å²) in [5.41, 5.74) is 4.01. The molecule has 7 heteroatoms. The number of nitrogens with one attached hydrogen (secondary N) is 1. The van der Waals surface area contributed by atoms with Crippen LogP contribution in [0.1, 0.15) is 58.7 Å². The quantitative estimate of drug-likeness (QED) is 0.581. The maximum absolute atomic E-state index is 12.9. The second-order valence-corrected chi connectivity index (χ2v) is 7.33. The van der Waals surface area contributed by atoms with Gasteiger partial charge in [0, 0.05) is 11.1 Å². The number of carbonyl (C=O) groups excluding carboxylic acids is 2. The number of nitrogens with zero attached hydrogens (tertiary/aromatic N) is 2. The monoisotopic (exact) mass is 397 g/mol. The van der Waals surface area contributed by atoms with Crippen molar-refractivity contribution in [1.29, 1.82) is 0 Å². The molecule has 0 radical (unpaired) electrons. The Morgan fingerprint density at radius 2 is 2.04 bits per heavy atom. The fourth-order valence-corrected chi connectivity index (χ4v) is 3.89. The predicted molar refractivity (Wildman–Crippen MR) is 111 cm³/mol. The maximum Gasteiger partial charge on any atom is 0.338 e. The molecule has 1 aromatic carbocycles. The normalized spacial score (nSPS) is 10.8. The third-order valence-electron chi connectivity index (χ3n) is 4.44. The average molecular weight is 398 g/mol. The molecule has 3 rings (SSSR count). The van der Waals surface area contributed by atoms with Gasteiger partial charge in [0.05, 0.1) is 33.6 Å². The van der Waals surface area contributed by atoms with Crippen LogP contribution < -0.4 is 5.32 Å². The highest BCUT2D eigenvalue weighted by atomic mass is 32.1. The first kappa shape index (κ1) is 19.9. The Balaban J connectivity index is 1.87. The number of hydrogen-bond donors (Lipinski definition) is 1. The van der Waals surface area contributed by atoms with E-state index in [4.69, 9.17) is 4.74 Å². The molecule has 0 atom stereocenters. The molecule has 28 heavy (non-hydrogen) atoms. The van der Waals surface area contributed by atoms with Crippen LogP contribution in [0, 0.1) is 6.92 Å². The Morgan fingerprint density at radius 1 is 1.21 bits per heavy atom. The van der Waals surface area contributed by atoms with Crippen molar-refractivity contribution in [3.05, 3.63) is 52.3 Å². The molecule has 0 saturated carbocycles. The van der Waals surface area contributed by atoms with Gasteiger partial charge in [0.15, 0.2) is 0 Å². The molecule has 2 aromatic heterocycles. The van der Waals surface area contributed by atoms with Crippen LogP contribution in [0.15, 0.2) is 29.9 Å². The van der Waals surface area contributed by atoms with E-state index >= 15 is 0 Å². The lowest BCUT2D eigenvalue weighted by molar-refractivity contribution is 0.0526. The van der Waals surface area contributed by atoms with E-state index in [-0.39, 0.29) is 5.91 Å². The number of rotatable bonds is 7. The number of amides is 1. The highest BCUT2D eigenvalue weighted by Crippen LogP contribution is 2.28. The van der Waals surface area contributed by atoms with Crippen LogP contribution in [0.4, 0.5) is 5.69 Å². The zero-order valence-corrected chi connectivity index (χ0v) is 17.1. The molecular formula is C21H23N3O3S. The molecule has 0 unspecified atom stereocenters. The molecular weight excluding hydrogens is 374 g/mol. The zero-order chi connectivity index (χ0) is 20.1. The average Bonchev–Trinajstić information content (AvgIpc) is 3.13. The molecule has 1 N–H and O–H groups in total. The number of anilines is 1. The minimum Gasteiger partial charge on any atom is -0.462 e. The summed E-state index contributed by atoms with van der Waals surface area (Å²) >= 11 is 1.49. The highest BCUT2D eigenvalue weighted by Gasteiger charge is 2.18. The van der Waals surface area contributed by atoms with E-state index in [2.05, 4.69) is 22.2 Å². The highest BCUT2D eigenvalue weighted by molar-refractivity contribution is 7.17. The number of esters is 1. The molecule has 0 spiro atoms. The number of aromatic nitrogens is 2. The van der Waals surface area contributed by atoms with Gasteiger partial charge in [-0.05, 0) is 44.4 Å². The number of ether oxygens (including phenoxy) is 1. The first-order valence-corrected chi connectivity index (χ1v) is 10.2. The number of thiophene rings is 1. The molecule has 0 aliphatic rings. The van der Waals surface area contributed by atoms with Gasteiger partial charge in [-0.1, -0.05) is 19.4 Å². The summed E-state index contributed by atoms with van der Waals surface area (Å²) in [4.78, 5) is 33.6. The van der Waals surface area contributed by atoms with Crippen LogP contribution in [0.3, 0.4) is 0 Å². The Bertz CT molecular complexity index is 1010. The van der Waals surface area contributed by atoms with E-state index in [1.807, 2.05) is 12.3 Å². The summed E-state index contributed by atoms with van der Waals surface area (Å²) in [5.74, 6) is -0.664. The molecule has 2 heterocycles. The Hall–Kier alpha value is -2.80. The summed E-state index contributed by atoms with van der Waals surface area (Å²) in [5, 5.41) is 4.72. The lowest BCUT2D eigenvalue weighted by Crippen LogP contribution is -2.14. The van der Waals surface area contributed by atoms with Crippen molar-refractivity contribution in [1.82, 2.24) is 9.97 Å². The summed E-state index contributed by atoms with van der Waals surface area (Å²) in [6, 6.07) is 5.12. The number of fused-ring (bicyclic) bond motifs is 1. The van der Waals surface area contributed by atoms with Gasteiger partial charge in [-0.2, -0.15) is 0 Å². The van der Waals surface area contributed by atoms with E-state index in [1.165, 1.54) is 17.7 Å².